The van der Waals surface area contributed by atoms with E-state index in [0.717, 1.165) is 11.3 Å². The van der Waals surface area contributed by atoms with Gasteiger partial charge in [0.2, 0.25) is 0 Å². The van der Waals surface area contributed by atoms with Crippen molar-refractivity contribution < 1.29 is 5.21 Å². The van der Waals surface area contributed by atoms with E-state index < -0.39 is 0 Å². The molecule has 3 heteroatoms. The molecule has 0 aliphatic heterocycles. The van der Waals surface area contributed by atoms with E-state index in [9.17, 15) is 5.21 Å². The molecular formula is C20H18ClNO. The number of hydrogen-bond donors (Lipinski definition) is 1. The Bertz CT molecular complexity index is 729. The van der Waals surface area contributed by atoms with Crippen LogP contribution < -0.4 is 5.06 Å². The van der Waals surface area contributed by atoms with Crippen molar-refractivity contribution in [3.05, 3.63) is 101 Å². The number of hydrogen-bond acceptors (Lipinski definition) is 2. The molecule has 116 valence electrons. The van der Waals surface area contributed by atoms with Gasteiger partial charge in [-0.15, -0.1) is 0 Å². The van der Waals surface area contributed by atoms with Crippen LogP contribution in [0.5, 0.6) is 0 Å². The van der Waals surface area contributed by atoms with E-state index in [2.05, 4.69) is 12.1 Å². The number of anilines is 1. The van der Waals surface area contributed by atoms with Crippen molar-refractivity contribution in [1.82, 2.24) is 0 Å². The van der Waals surface area contributed by atoms with Crippen molar-refractivity contribution >= 4 is 17.3 Å². The predicted molar refractivity (Wildman–Crippen MR) is 95.0 cm³/mol. The van der Waals surface area contributed by atoms with E-state index in [-0.39, 0.29) is 6.04 Å². The van der Waals surface area contributed by atoms with Gasteiger partial charge in [-0.3, -0.25) is 5.21 Å². The Morgan fingerprint density at radius 3 is 1.96 bits per heavy atom. The van der Waals surface area contributed by atoms with Crippen molar-refractivity contribution in [1.29, 1.82) is 0 Å². The van der Waals surface area contributed by atoms with Crippen molar-refractivity contribution in [2.45, 2.75) is 12.5 Å². The van der Waals surface area contributed by atoms with Crippen LogP contribution in [0.1, 0.15) is 17.2 Å². The lowest BCUT2D eigenvalue weighted by atomic mass is 9.98. The molecule has 1 atom stereocenters. The molecule has 3 aromatic carbocycles. The highest BCUT2D eigenvalue weighted by Gasteiger charge is 2.20. The minimum Gasteiger partial charge on any atom is -0.288 e. The first kappa shape index (κ1) is 15.6. The zero-order chi connectivity index (χ0) is 16.1. The molecule has 0 heterocycles. The highest BCUT2D eigenvalue weighted by molar-refractivity contribution is 6.30. The third kappa shape index (κ3) is 3.92. The van der Waals surface area contributed by atoms with Gasteiger partial charge < -0.3 is 0 Å². The van der Waals surface area contributed by atoms with Crippen LogP contribution in [0.15, 0.2) is 84.9 Å². The van der Waals surface area contributed by atoms with E-state index in [0.29, 0.717) is 11.4 Å². The molecule has 0 bridgehead atoms. The molecule has 0 spiro atoms. The maximum Gasteiger partial charge on any atom is 0.0853 e. The maximum absolute atomic E-state index is 10.8. The van der Waals surface area contributed by atoms with Crippen LogP contribution >= 0.6 is 11.6 Å². The number of para-hydroxylation sites is 1. The van der Waals surface area contributed by atoms with Crippen molar-refractivity contribution in [2.75, 3.05) is 5.06 Å². The first-order valence-electron chi connectivity index (χ1n) is 7.56. The Morgan fingerprint density at radius 2 is 1.35 bits per heavy atom. The maximum atomic E-state index is 10.8. The highest BCUT2D eigenvalue weighted by atomic mass is 35.5. The Balaban J connectivity index is 1.94. The second kappa shape index (κ2) is 7.32. The van der Waals surface area contributed by atoms with Crippen LogP contribution in [0, 0.1) is 0 Å². The van der Waals surface area contributed by atoms with Gasteiger partial charge >= 0.3 is 0 Å². The summed E-state index contributed by atoms with van der Waals surface area (Å²) in [5.41, 5.74) is 2.95. The molecule has 2 nitrogen and oxygen atoms in total. The Kier molecular flexibility index (Phi) is 4.96. The number of hydroxylamine groups is 1. The molecule has 1 N–H and O–H groups in total. The number of rotatable bonds is 5. The lowest BCUT2D eigenvalue weighted by Crippen LogP contribution is -2.26. The topological polar surface area (TPSA) is 23.5 Å². The van der Waals surface area contributed by atoms with Gasteiger partial charge in [0, 0.05) is 5.02 Å². The summed E-state index contributed by atoms with van der Waals surface area (Å²) in [6.07, 6.45) is 0.702. The van der Waals surface area contributed by atoms with Gasteiger partial charge in [0.1, 0.15) is 0 Å². The molecular weight excluding hydrogens is 306 g/mol. The zero-order valence-corrected chi connectivity index (χ0v) is 13.4. The lowest BCUT2D eigenvalue weighted by Gasteiger charge is -2.28. The minimum atomic E-state index is -0.183. The van der Waals surface area contributed by atoms with Crippen LogP contribution in [0.2, 0.25) is 5.02 Å². The van der Waals surface area contributed by atoms with Crippen molar-refractivity contribution in [3.63, 3.8) is 0 Å². The number of nitrogens with zero attached hydrogens (tertiary/aromatic N) is 1. The van der Waals surface area contributed by atoms with E-state index in [4.69, 9.17) is 11.6 Å². The quantitative estimate of drug-likeness (QED) is 0.625. The average molecular weight is 324 g/mol. The predicted octanol–water partition coefficient (Wildman–Crippen LogP) is 5.52. The molecule has 0 amide bonds. The minimum absolute atomic E-state index is 0.183. The fourth-order valence-electron chi connectivity index (χ4n) is 2.63. The van der Waals surface area contributed by atoms with Crippen molar-refractivity contribution in [3.8, 4) is 0 Å². The summed E-state index contributed by atoms with van der Waals surface area (Å²) in [7, 11) is 0. The Hall–Kier alpha value is -2.29. The molecule has 0 aliphatic carbocycles. The normalized spacial score (nSPS) is 11.9. The largest absolute Gasteiger partial charge is 0.288 e. The first-order valence-corrected chi connectivity index (χ1v) is 7.94. The molecule has 0 radical (unpaired) electrons. The fourth-order valence-corrected chi connectivity index (χ4v) is 2.75. The molecule has 0 aliphatic rings. The number of benzene rings is 3. The molecule has 0 saturated carbocycles. The van der Waals surface area contributed by atoms with Crippen LogP contribution in [-0.2, 0) is 6.42 Å². The molecule has 0 saturated heterocycles. The van der Waals surface area contributed by atoms with E-state index >= 15 is 0 Å². The van der Waals surface area contributed by atoms with Gasteiger partial charge in [-0.25, -0.2) is 5.06 Å². The summed E-state index contributed by atoms with van der Waals surface area (Å²) in [4.78, 5) is 0. The summed E-state index contributed by atoms with van der Waals surface area (Å²) in [6, 6.07) is 27.2. The summed E-state index contributed by atoms with van der Waals surface area (Å²) < 4.78 is 0. The average Bonchev–Trinajstić information content (AvgIpc) is 2.62. The second-order valence-electron chi connectivity index (χ2n) is 5.44. The molecule has 23 heavy (non-hydrogen) atoms. The SMILES string of the molecule is ON(c1ccccc1)C(Cc1ccccc1)c1ccc(Cl)cc1. The van der Waals surface area contributed by atoms with Gasteiger partial charge in [0.25, 0.3) is 0 Å². The second-order valence-corrected chi connectivity index (χ2v) is 5.87. The Labute approximate surface area is 141 Å². The molecule has 3 aromatic rings. The molecule has 3 rings (SSSR count). The van der Waals surface area contributed by atoms with E-state index in [1.54, 1.807) is 0 Å². The van der Waals surface area contributed by atoms with Gasteiger partial charge in [-0.2, -0.15) is 0 Å². The molecule has 0 fully saturated rings. The van der Waals surface area contributed by atoms with Gasteiger partial charge in [-0.1, -0.05) is 72.3 Å². The van der Waals surface area contributed by atoms with Gasteiger partial charge in [0.15, 0.2) is 0 Å². The van der Waals surface area contributed by atoms with Gasteiger partial charge in [0.05, 0.1) is 11.7 Å². The zero-order valence-electron chi connectivity index (χ0n) is 12.6. The molecule has 1 unspecified atom stereocenters. The highest BCUT2D eigenvalue weighted by Crippen LogP contribution is 2.29. The third-order valence-electron chi connectivity index (χ3n) is 3.84. The van der Waals surface area contributed by atoms with Crippen molar-refractivity contribution in [2.24, 2.45) is 0 Å². The monoisotopic (exact) mass is 323 g/mol. The standard InChI is InChI=1S/C20H18ClNO/c21-18-13-11-17(12-14-18)20(15-16-7-3-1-4-8-16)22(23)19-9-5-2-6-10-19/h1-14,20,23H,15H2. The van der Waals surface area contributed by atoms with E-state index in [1.807, 2.05) is 72.8 Å². The number of halogens is 1. The van der Waals surface area contributed by atoms with Gasteiger partial charge in [-0.05, 0) is 41.8 Å². The third-order valence-corrected chi connectivity index (χ3v) is 4.09. The van der Waals surface area contributed by atoms with E-state index in [1.165, 1.54) is 10.6 Å². The van der Waals surface area contributed by atoms with Crippen LogP contribution in [-0.4, -0.2) is 5.21 Å². The molecule has 0 aromatic heterocycles. The smallest absolute Gasteiger partial charge is 0.0853 e. The van der Waals surface area contributed by atoms with Crippen LogP contribution in [0.25, 0.3) is 0 Å². The summed E-state index contributed by atoms with van der Waals surface area (Å²) in [5.74, 6) is 0. The van der Waals surface area contributed by atoms with Crippen LogP contribution in [0.4, 0.5) is 5.69 Å². The Morgan fingerprint density at radius 1 is 0.783 bits per heavy atom. The fraction of sp³-hybridized carbons (Fsp3) is 0.100. The lowest BCUT2D eigenvalue weighted by molar-refractivity contribution is 0.215. The van der Waals surface area contributed by atoms with Crippen LogP contribution in [0.3, 0.4) is 0 Å². The summed E-state index contributed by atoms with van der Waals surface area (Å²) >= 11 is 6.00. The first-order chi connectivity index (χ1) is 11.2. The summed E-state index contributed by atoms with van der Waals surface area (Å²) in [5, 5.41) is 12.8. The summed E-state index contributed by atoms with van der Waals surface area (Å²) in [6.45, 7) is 0.